The molecule has 3 nitrogen and oxygen atoms in total. The van der Waals surface area contributed by atoms with Crippen molar-refractivity contribution in [2.24, 2.45) is 5.92 Å². The lowest BCUT2D eigenvalue weighted by Gasteiger charge is -2.21. The first-order valence-corrected chi connectivity index (χ1v) is 4.76. The Morgan fingerprint density at radius 3 is 2.86 bits per heavy atom. The largest absolute Gasteiger partial charge is 0.359 e. The molecule has 3 heteroatoms. The van der Waals surface area contributed by atoms with Crippen molar-refractivity contribution < 1.29 is 4.79 Å². The molecule has 1 aromatic heterocycles. The minimum absolute atomic E-state index is 0.557. The molecule has 0 aromatic carbocycles. The van der Waals surface area contributed by atoms with Gasteiger partial charge in [0.25, 0.3) is 0 Å². The first-order valence-electron chi connectivity index (χ1n) is 4.76. The summed E-state index contributed by atoms with van der Waals surface area (Å²) in [5.74, 6) is 1.32. The molecule has 1 heterocycles. The van der Waals surface area contributed by atoms with Crippen molar-refractivity contribution >= 4 is 12.1 Å². The molecule has 0 bridgehead atoms. The van der Waals surface area contributed by atoms with Gasteiger partial charge in [0.1, 0.15) is 5.82 Å². The highest BCUT2D eigenvalue weighted by Gasteiger charge is 2.08. The van der Waals surface area contributed by atoms with Crippen LogP contribution in [-0.2, 0) is 0 Å². The van der Waals surface area contributed by atoms with E-state index in [4.69, 9.17) is 0 Å². The summed E-state index contributed by atoms with van der Waals surface area (Å²) in [7, 11) is 1.95. The van der Waals surface area contributed by atoms with Gasteiger partial charge >= 0.3 is 0 Å². The van der Waals surface area contributed by atoms with Gasteiger partial charge in [-0.05, 0) is 18.1 Å². The van der Waals surface area contributed by atoms with Crippen LogP contribution in [0.15, 0.2) is 18.3 Å². The fourth-order valence-corrected chi connectivity index (χ4v) is 1.45. The molecule has 0 aliphatic rings. The zero-order valence-electron chi connectivity index (χ0n) is 8.90. The molecule has 0 N–H and O–H groups in total. The third kappa shape index (κ3) is 2.55. The van der Waals surface area contributed by atoms with E-state index < -0.39 is 0 Å². The van der Waals surface area contributed by atoms with Gasteiger partial charge in [0.15, 0.2) is 6.29 Å². The molecule has 1 rings (SSSR count). The van der Waals surface area contributed by atoms with Crippen LogP contribution in [0, 0.1) is 5.92 Å². The van der Waals surface area contributed by atoms with Crippen LogP contribution in [0.5, 0.6) is 0 Å². The second-order valence-corrected chi connectivity index (χ2v) is 3.81. The van der Waals surface area contributed by atoms with E-state index in [0.717, 1.165) is 18.6 Å². The minimum Gasteiger partial charge on any atom is -0.359 e. The van der Waals surface area contributed by atoms with Crippen LogP contribution in [0.4, 0.5) is 5.82 Å². The number of pyridine rings is 1. The predicted molar refractivity (Wildman–Crippen MR) is 57.7 cm³/mol. The molecule has 0 spiro atoms. The van der Waals surface area contributed by atoms with Crippen LogP contribution in [0.2, 0.25) is 0 Å². The highest BCUT2D eigenvalue weighted by atomic mass is 16.1. The zero-order chi connectivity index (χ0) is 10.6. The molecule has 0 aliphatic carbocycles. The van der Waals surface area contributed by atoms with Crippen LogP contribution < -0.4 is 4.90 Å². The molecular weight excluding hydrogens is 176 g/mol. The Balaban J connectivity index is 2.88. The van der Waals surface area contributed by atoms with Crippen molar-refractivity contribution in [2.75, 3.05) is 18.5 Å². The van der Waals surface area contributed by atoms with E-state index in [1.807, 2.05) is 11.9 Å². The van der Waals surface area contributed by atoms with Crippen molar-refractivity contribution in [3.63, 3.8) is 0 Å². The molecule has 0 radical (unpaired) electrons. The normalized spacial score (nSPS) is 10.3. The third-order valence-electron chi connectivity index (χ3n) is 1.94. The Kier molecular flexibility index (Phi) is 3.63. The maximum Gasteiger partial charge on any atom is 0.153 e. The average Bonchev–Trinajstić information content (AvgIpc) is 2.16. The summed E-state index contributed by atoms with van der Waals surface area (Å²) in [4.78, 5) is 17.0. The Hall–Kier alpha value is -1.38. The number of nitrogens with zero attached hydrogens (tertiary/aromatic N) is 2. The van der Waals surface area contributed by atoms with E-state index in [9.17, 15) is 4.79 Å². The lowest BCUT2D eigenvalue weighted by atomic mass is 10.2. The fraction of sp³-hybridized carbons (Fsp3) is 0.455. The van der Waals surface area contributed by atoms with Gasteiger partial charge in [0.2, 0.25) is 0 Å². The van der Waals surface area contributed by atoms with Gasteiger partial charge in [-0.3, -0.25) is 4.79 Å². The molecule has 0 atom stereocenters. The maximum atomic E-state index is 10.8. The average molecular weight is 192 g/mol. The van der Waals surface area contributed by atoms with Crippen molar-refractivity contribution in [1.82, 2.24) is 4.98 Å². The number of anilines is 1. The number of aromatic nitrogens is 1. The van der Waals surface area contributed by atoms with E-state index in [2.05, 4.69) is 18.8 Å². The number of hydrogen-bond donors (Lipinski definition) is 0. The molecule has 14 heavy (non-hydrogen) atoms. The Morgan fingerprint density at radius 2 is 2.29 bits per heavy atom. The van der Waals surface area contributed by atoms with Crippen molar-refractivity contribution in [3.05, 3.63) is 23.9 Å². The highest BCUT2D eigenvalue weighted by Crippen LogP contribution is 2.14. The number of rotatable bonds is 4. The number of carbonyl (C=O) groups is 1. The topological polar surface area (TPSA) is 33.2 Å². The molecule has 0 unspecified atom stereocenters. The standard InChI is InChI=1S/C11H16N2O/c1-9(2)7-13(3)11-10(8-14)5-4-6-12-11/h4-6,8-9H,7H2,1-3H3. The van der Waals surface area contributed by atoms with Crippen LogP contribution in [0.1, 0.15) is 24.2 Å². The first kappa shape index (κ1) is 10.7. The SMILES string of the molecule is CC(C)CN(C)c1ncccc1C=O. The van der Waals surface area contributed by atoms with Gasteiger partial charge in [0, 0.05) is 19.8 Å². The van der Waals surface area contributed by atoms with Crippen LogP contribution in [-0.4, -0.2) is 24.9 Å². The van der Waals surface area contributed by atoms with Gasteiger partial charge < -0.3 is 4.90 Å². The Bertz CT molecular complexity index is 310. The van der Waals surface area contributed by atoms with Gasteiger partial charge in [-0.15, -0.1) is 0 Å². The van der Waals surface area contributed by atoms with Crippen LogP contribution in [0.3, 0.4) is 0 Å². The van der Waals surface area contributed by atoms with Gasteiger partial charge in [-0.25, -0.2) is 4.98 Å². The molecule has 0 saturated carbocycles. The third-order valence-corrected chi connectivity index (χ3v) is 1.94. The Morgan fingerprint density at radius 1 is 1.57 bits per heavy atom. The highest BCUT2D eigenvalue weighted by molar-refractivity contribution is 5.82. The van der Waals surface area contributed by atoms with E-state index in [0.29, 0.717) is 11.5 Å². The summed E-state index contributed by atoms with van der Waals surface area (Å²) < 4.78 is 0. The monoisotopic (exact) mass is 192 g/mol. The predicted octanol–water partition coefficient (Wildman–Crippen LogP) is 1.99. The molecule has 0 fully saturated rings. The molecule has 1 aromatic rings. The van der Waals surface area contributed by atoms with Crippen molar-refractivity contribution in [2.45, 2.75) is 13.8 Å². The smallest absolute Gasteiger partial charge is 0.153 e. The first-order chi connectivity index (χ1) is 6.65. The second kappa shape index (κ2) is 4.74. The number of hydrogen-bond acceptors (Lipinski definition) is 3. The summed E-state index contributed by atoms with van der Waals surface area (Å²) >= 11 is 0. The molecule has 76 valence electrons. The summed E-state index contributed by atoms with van der Waals surface area (Å²) in [6, 6.07) is 3.56. The summed E-state index contributed by atoms with van der Waals surface area (Å²) in [5, 5.41) is 0. The quantitative estimate of drug-likeness (QED) is 0.684. The second-order valence-electron chi connectivity index (χ2n) is 3.81. The van der Waals surface area contributed by atoms with Gasteiger partial charge in [0.05, 0.1) is 5.56 Å². The molecule has 0 amide bonds. The van der Waals surface area contributed by atoms with Crippen LogP contribution in [0.25, 0.3) is 0 Å². The fourth-order valence-electron chi connectivity index (χ4n) is 1.45. The Labute approximate surface area is 84.8 Å². The maximum absolute atomic E-state index is 10.8. The van der Waals surface area contributed by atoms with Gasteiger partial charge in [-0.1, -0.05) is 13.8 Å². The van der Waals surface area contributed by atoms with E-state index in [1.54, 1.807) is 18.3 Å². The van der Waals surface area contributed by atoms with Gasteiger partial charge in [-0.2, -0.15) is 0 Å². The van der Waals surface area contributed by atoms with E-state index >= 15 is 0 Å². The van der Waals surface area contributed by atoms with Crippen molar-refractivity contribution in [1.29, 1.82) is 0 Å². The summed E-state index contributed by atoms with van der Waals surface area (Å²) in [5.41, 5.74) is 0.649. The summed E-state index contributed by atoms with van der Waals surface area (Å²) in [6.45, 7) is 5.18. The van der Waals surface area contributed by atoms with Crippen LogP contribution >= 0.6 is 0 Å². The zero-order valence-corrected chi connectivity index (χ0v) is 8.90. The minimum atomic E-state index is 0.557. The van der Waals surface area contributed by atoms with E-state index in [1.165, 1.54) is 0 Å². The lowest BCUT2D eigenvalue weighted by Crippen LogP contribution is -2.24. The molecule has 0 saturated heterocycles. The summed E-state index contributed by atoms with van der Waals surface area (Å²) in [6.07, 6.45) is 2.55. The van der Waals surface area contributed by atoms with E-state index in [-0.39, 0.29) is 0 Å². The molecule has 0 aliphatic heterocycles. The van der Waals surface area contributed by atoms with Crippen molar-refractivity contribution in [3.8, 4) is 0 Å². The number of aldehydes is 1. The lowest BCUT2D eigenvalue weighted by molar-refractivity contribution is 0.112. The number of carbonyl (C=O) groups excluding carboxylic acids is 1. The molecular formula is C11H16N2O.